The lowest BCUT2D eigenvalue weighted by Gasteiger charge is -2.15. The van der Waals surface area contributed by atoms with E-state index in [2.05, 4.69) is 5.32 Å². The van der Waals surface area contributed by atoms with Crippen molar-refractivity contribution in [2.24, 2.45) is 11.7 Å². The van der Waals surface area contributed by atoms with Crippen LogP contribution in [0.25, 0.3) is 0 Å². The van der Waals surface area contributed by atoms with Crippen molar-refractivity contribution in [1.29, 1.82) is 0 Å². The lowest BCUT2D eigenvalue weighted by atomic mass is 9.95. The van der Waals surface area contributed by atoms with E-state index in [9.17, 15) is 9.59 Å². The molecule has 0 radical (unpaired) electrons. The Kier molecular flexibility index (Phi) is 5.00. The Balaban J connectivity index is 2.32. The summed E-state index contributed by atoms with van der Waals surface area (Å²) in [6, 6.07) is -0.235. The molecular weight excluding hydrogens is 288 g/mol. The molecule has 1 aliphatic carbocycles. The number of carbonyl (C=O) groups is 2. The van der Waals surface area contributed by atoms with Crippen LogP contribution in [0.5, 0.6) is 0 Å². The molecule has 1 aromatic rings. The molecule has 0 fully saturated rings. The van der Waals surface area contributed by atoms with Gasteiger partial charge < -0.3 is 15.8 Å². The van der Waals surface area contributed by atoms with Crippen LogP contribution in [0.1, 0.15) is 47.5 Å². The van der Waals surface area contributed by atoms with E-state index < -0.39 is 0 Å². The van der Waals surface area contributed by atoms with Gasteiger partial charge in [-0.3, -0.25) is 4.79 Å². The zero-order chi connectivity index (χ0) is 15.6. The van der Waals surface area contributed by atoms with Crippen LogP contribution in [0.3, 0.4) is 0 Å². The largest absolute Gasteiger partial charge is 0.465 e. The second kappa shape index (κ2) is 6.58. The highest BCUT2D eigenvalue weighted by Gasteiger charge is 2.28. The molecule has 0 saturated heterocycles. The molecule has 21 heavy (non-hydrogen) atoms. The minimum Gasteiger partial charge on any atom is -0.465 e. The third-order valence-electron chi connectivity index (χ3n) is 4.00. The molecule has 2 rings (SSSR count). The number of esters is 1. The summed E-state index contributed by atoms with van der Waals surface area (Å²) in [4.78, 5) is 25.4. The van der Waals surface area contributed by atoms with Crippen molar-refractivity contribution in [3.8, 4) is 0 Å². The number of aryl methyl sites for hydroxylation is 1. The van der Waals surface area contributed by atoms with Gasteiger partial charge in [-0.05, 0) is 38.2 Å². The number of nitrogens with one attached hydrogen (secondary N) is 1. The van der Waals surface area contributed by atoms with Gasteiger partial charge in [-0.1, -0.05) is 6.92 Å². The monoisotopic (exact) mass is 310 g/mol. The fraction of sp³-hybridized carbons (Fsp3) is 0.600. The molecule has 1 heterocycles. The van der Waals surface area contributed by atoms with Gasteiger partial charge in [0, 0.05) is 10.9 Å². The van der Waals surface area contributed by atoms with E-state index >= 15 is 0 Å². The third-order valence-corrected chi connectivity index (χ3v) is 5.21. The molecule has 0 spiro atoms. The Morgan fingerprint density at radius 1 is 1.29 bits per heavy atom. The summed E-state index contributed by atoms with van der Waals surface area (Å²) in [5.41, 5.74) is 7.34. The number of carbonyl (C=O) groups excluding carboxylic acids is 2. The van der Waals surface area contributed by atoms with Gasteiger partial charge >= 0.3 is 5.97 Å². The van der Waals surface area contributed by atoms with Crippen molar-refractivity contribution in [1.82, 2.24) is 0 Å². The Morgan fingerprint density at radius 2 is 1.95 bits per heavy atom. The summed E-state index contributed by atoms with van der Waals surface area (Å²) in [5.74, 6) is -0.846. The molecule has 0 bridgehead atoms. The molecule has 1 amide bonds. The molecule has 0 saturated carbocycles. The van der Waals surface area contributed by atoms with Crippen molar-refractivity contribution in [3.05, 3.63) is 16.0 Å². The fourth-order valence-electron chi connectivity index (χ4n) is 2.44. The molecule has 116 valence electrons. The zero-order valence-corrected chi connectivity index (χ0v) is 13.5. The number of anilines is 1. The second-order valence-corrected chi connectivity index (χ2v) is 6.65. The first-order chi connectivity index (χ1) is 9.95. The second-order valence-electron chi connectivity index (χ2n) is 5.54. The van der Waals surface area contributed by atoms with Crippen LogP contribution < -0.4 is 11.1 Å². The molecule has 5 nitrogen and oxygen atoms in total. The van der Waals surface area contributed by atoms with E-state index in [1.807, 2.05) is 0 Å². The summed E-state index contributed by atoms with van der Waals surface area (Å²) >= 11 is 1.49. The maximum atomic E-state index is 12.2. The number of thiophene rings is 1. The van der Waals surface area contributed by atoms with Crippen molar-refractivity contribution in [3.63, 3.8) is 0 Å². The van der Waals surface area contributed by atoms with E-state index in [0.29, 0.717) is 10.6 Å². The third kappa shape index (κ3) is 3.27. The number of hydrogen-bond donors (Lipinski definition) is 2. The maximum Gasteiger partial charge on any atom is 0.341 e. The molecule has 1 aromatic heterocycles. The number of methoxy groups -OCH3 is 1. The van der Waals surface area contributed by atoms with Gasteiger partial charge in [-0.15, -0.1) is 11.3 Å². The maximum absolute atomic E-state index is 12.2. The van der Waals surface area contributed by atoms with E-state index in [-0.39, 0.29) is 23.8 Å². The van der Waals surface area contributed by atoms with Crippen molar-refractivity contribution < 1.29 is 14.3 Å². The average Bonchev–Trinajstić information content (AvgIpc) is 2.83. The fourth-order valence-corrected chi connectivity index (χ4v) is 3.72. The average molecular weight is 310 g/mol. The van der Waals surface area contributed by atoms with Crippen LogP contribution >= 0.6 is 11.3 Å². The number of fused-ring (bicyclic) bond motifs is 1. The first-order valence-corrected chi connectivity index (χ1v) is 8.06. The van der Waals surface area contributed by atoms with Gasteiger partial charge in [0.05, 0.1) is 18.6 Å². The highest BCUT2D eigenvalue weighted by atomic mass is 32.1. The predicted octanol–water partition coefficient (Wildman–Crippen LogP) is 2.34. The topological polar surface area (TPSA) is 81.4 Å². The molecule has 6 heteroatoms. The van der Waals surface area contributed by atoms with Crippen LogP contribution in [-0.2, 0) is 22.4 Å². The standard InChI is InChI=1S/C15H22N2O3S/c1-8(9(2)16)13(18)17-14-12(15(19)20-3)10-6-4-5-7-11(10)21-14/h8-9H,4-7,16H2,1-3H3,(H,17,18). The van der Waals surface area contributed by atoms with Crippen LogP contribution in [0.4, 0.5) is 5.00 Å². The first kappa shape index (κ1) is 16.0. The normalized spacial score (nSPS) is 16.8. The minimum atomic E-state index is -0.377. The van der Waals surface area contributed by atoms with E-state index in [1.165, 1.54) is 23.3 Å². The smallest absolute Gasteiger partial charge is 0.341 e. The van der Waals surface area contributed by atoms with Crippen LogP contribution in [0.2, 0.25) is 0 Å². The molecule has 2 atom stereocenters. The highest BCUT2D eigenvalue weighted by molar-refractivity contribution is 7.17. The zero-order valence-electron chi connectivity index (χ0n) is 12.7. The Bertz CT molecular complexity index is 551. The Hall–Kier alpha value is -1.40. The number of nitrogens with two attached hydrogens (primary N) is 1. The number of ether oxygens (including phenoxy) is 1. The Labute approximate surface area is 128 Å². The molecule has 3 N–H and O–H groups in total. The van der Waals surface area contributed by atoms with Gasteiger partial charge in [-0.2, -0.15) is 0 Å². The predicted molar refractivity (Wildman–Crippen MR) is 83.7 cm³/mol. The van der Waals surface area contributed by atoms with Crippen molar-refractivity contribution >= 4 is 28.2 Å². The van der Waals surface area contributed by atoms with Crippen molar-refractivity contribution in [2.75, 3.05) is 12.4 Å². The highest BCUT2D eigenvalue weighted by Crippen LogP contribution is 2.38. The molecular formula is C15H22N2O3S. The summed E-state index contributed by atoms with van der Waals surface area (Å²) in [6.07, 6.45) is 4.02. The molecule has 2 unspecified atom stereocenters. The summed E-state index contributed by atoms with van der Waals surface area (Å²) in [6.45, 7) is 3.58. The number of rotatable bonds is 4. The van der Waals surface area contributed by atoms with Gasteiger partial charge in [0.1, 0.15) is 5.00 Å². The Morgan fingerprint density at radius 3 is 2.57 bits per heavy atom. The van der Waals surface area contributed by atoms with Crippen LogP contribution in [0.15, 0.2) is 0 Å². The molecule has 0 aromatic carbocycles. The van der Waals surface area contributed by atoms with Gasteiger partial charge in [0.15, 0.2) is 0 Å². The lowest BCUT2D eigenvalue weighted by Crippen LogP contribution is -2.34. The summed E-state index contributed by atoms with van der Waals surface area (Å²) < 4.78 is 4.88. The summed E-state index contributed by atoms with van der Waals surface area (Å²) in [5, 5.41) is 3.47. The number of hydrogen-bond acceptors (Lipinski definition) is 5. The van der Waals surface area contributed by atoms with E-state index in [1.54, 1.807) is 13.8 Å². The van der Waals surface area contributed by atoms with E-state index in [4.69, 9.17) is 10.5 Å². The van der Waals surface area contributed by atoms with Crippen LogP contribution in [0, 0.1) is 5.92 Å². The number of amides is 1. The van der Waals surface area contributed by atoms with Crippen LogP contribution in [-0.4, -0.2) is 25.0 Å². The first-order valence-electron chi connectivity index (χ1n) is 7.25. The van der Waals surface area contributed by atoms with Gasteiger partial charge in [-0.25, -0.2) is 4.79 Å². The van der Waals surface area contributed by atoms with Gasteiger partial charge in [0.25, 0.3) is 0 Å². The SMILES string of the molecule is COC(=O)c1c(NC(=O)C(C)C(C)N)sc2c1CCCC2. The van der Waals surface area contributed by atoms with E-state index in [0.717, 1.165) is 31.2 Å². The van der Waals surface area contributed by atoms with Crippen molar-refractivity contribution in [2.45, 2.75) is 45.6 Å². The summed E-state index contributed by atoms with van der Waals surface area (Å²) in [7, 11) is 1.37. The molecule has 1 aliphatic rings. The lowest BCUT2D eigenvalue weighted by molar-refractivity contribution is -0.119. The van der Waals surface area contributed by atoms with Gasteiger partial charge in [0.2, 0.25) is 5.91 Å². The molecule has 0 aliphatic heterocycles. The minimum absolute atomic E-state index is 0.159. The quantitative estimate of drug-likeness (QED) is 0.836.